The minimum Gasteiger partial charge on any atom is -0.320 e. The van der Waals surface area contributed by atoms with E-state index in [1.165, 1.54) is 4.68 Å². The van der Waals surface area contributed by atoms with Crippen LogP contribution in [0, 0.1) is 0 Å². The molecule has 2 N–H and O–H groups in total. The van der Waals surface area contributed by atoms with E-state index in [0.29, 0.717) is 11.4 Å². The molecule has 1 aromatic heterocycles. The summed E-state index contributed by atoms with van der Waals surface area (Å²) in [5.41, 5.74) is 0.558. The smallest absolute Gasteiger partial charge is 0.320 e. The number of hydrogen-bond acceptors (Lipinski definition) is 3. The van der Waals surface area contributed by atoms with Gasteiger partial charge in [-0.1, -0.05) is 36.4 Å². The van der Waals surface area contributed by atoms with E-state index in [-0.39, 0.29) is 35.3 Å². The molecular formula is C15H12N4NaO2+. The fourth-order valence-corrected chi connectivity index (χ4v) is 1.91. The maximum absolute atomic E-state index is 12.2. The number of hydrogen-bond donors (Lipinski definition) is 2. The van der Waals surface area contributed by atoms with Gasteiger partial charge in [0.25, 0.3) is 5.91 Å². The molecule has 0 bridgehead atoms. The van der Waals surface area contributed by atoms with Crippen molar-refractivity contribution in [2.45, 2.75) is 0 Å². The molecule has 22 heavy (non-hydrogen) atoms. The third-order valence-electron chi connectivity index (χ3n) is 2.93. The molecule has 1 amide bonds. The van der Waals surface area contributed by atoms with Crippen molar-refractivity contribution in [3.05, 3.63) is 76.7 Å². The normalized spacial score (nSPS) is 9.82. The Kier molecular flexibility index (Phi) is 5.32. The van der Waals surface area contributed by atoms with E-state index in [9.17, 15) is 9.59 Å². The van der Waals surface area contributed by atoms with Gasteiger partial charge in [0.15, 0.2) is 0 Å². The van der Waals surface area contributed by atoms with Crippen molar-refractivity contribution in [1.82, 2.24) is 15.0 Å². The fourth-order valence-electron chi connectivity index (χ4n) is 1.91. The van der Waals surface area contributed by atoms with E-state index in [0.717, 1.165) is 0 Å². The maximum atomic E-state index is 12.2. The first-order valence-electron chi connectivity index (χ1n) is 6.35. The van der Waals surface area contributed by atoms with Gasteiger partial charge in [0.1, 0.15) is 0 Å². The Balaban J connectivity index is 0.00000176. The van der Waals surface area contributed by atoms with Gasteiger partial charge < -0.3 is 5.32 Å². The summed E-state index contributed by atoms with van der Waals surface area (Å²) in [5, 5.41) is 8.98. The van der Waals surface area contributed by atoms with Crippen LogP contribution in [0.4, 0.5) is 5.69 Å². The molecule has 0 fully saturated rings. The molecule has 0 saturated heterocycles. The fraction of sp³-hybridized carbons (Fsp3) is 0. The molecule has 6 nitrogen and oxygen atoms in total. The predicted molar refractivity (Wildman–Crippen MR) is 78.6 cm³/mol. The van der Waals surface area contributed by atoms with Crippen LogP contribution in [-0.4, -0.2) is 20.9 Å². The van der Waals surface area contributed by atoms with Gasteiger partial charge in [0.05, 0.1) is 5.69 Å². The first-order valence-corrected chi connectivity index (χ1v) is 6.35. The average molecular weight is 303 g/mol. The molecule has 0 aliphatic rings. The number of nitrogens with zero attached hydrogens (tertiary/aromatic N) is 2. The Hall–Kier alpha value is -2.15. The predicted octanol–water partition coefficient (Wildman–Crippen LogP) is -1.18. The second-order valence-electron chi connectivity index (χ2n) is 4.36. The summed E-state index contributed by atoms with van der Waals surface area (Å²) in [6.45, 7) is 0. The zero-order chi connectivity index (χ0) is 14.7. The zero-order valence-corrected chi connectivity index (χ0v) is 14.0. The van der Waals surface area contributed by atoms with E-state index in [1.807, 2.05) is 12.1 Å². The quantitative estimate of drug-likeness (QED) is 0.598. The summed E-state index contributed by atoms with van der Waals surface area (Å²) in [4.78, 5) is 24.3. The maximum Gasteiger partial charge on any atom is 1.00 e. The Morgan fingerprint density at radius 1 is 1.00 bits per heavy atom. The summed E-state index contributed by atoms with van der Waals surface area (Å²) in [6, 6.07) is 17.8. The molecule has 104 valence electrons. The van der Waals surface area contributed by atoms with Crippen molar-refractivity contribution < 1.29 is 34.4 Å². The number of para-hydroxylation sites is 2. The monoisotopic (exact) mass is 303 g/mol. The zero-order valence-electron chi connectivity index (χ0n) is 12.0. The number of carbonyl (C=O) groups is 1. The van der Waals surface area contributed by atoms with E-state index in [2.05, 4.69) is 15.6 Å². The van der Waals surface area contributed by atoms with Crippen molar-refractivity contribution in [3.63, 3.8) is 0 Å². The van der Waals surface area contributed by atoms with Crippen molar-refractivity contribution in [3.8, 4) is 5.69 Å². The summed E-state index contributed by atoms with van der Waals surface area (Å²) in [5.74, 6) is -0.544. The number of H-pyrrole nitrogens is 1. The topological polar surface area (TPSA) is 79.8 Å². The Morgan fingerprint density at radius 3 is 2.23 bits per heavy atom. The van der Waals surface area contributed by atoms with Crippen LogP contribution in [0.2, 0.25) is 0 Å². The SMILES string of the molecule is O=C(Nc1ccccc1)c1n[nH]n(-c2ccccc2)c1=O.[Na+]. The standard InChI is InChI=1S/C15H12N4O2.Na/c20-14(16-11-7-3-1-4-8-11)13-15(21)19(18-17-13)12-9-5-2-6-10-12;/h1-10,18H,(H,16,20);/q;+1. The summed E-state index contributed by atoms with van der Waals surface area (Å²) < 4.78 is 1.22. The second-order valence-corrected chi connectivity index (χ2v) is 4.36. The van der Waals surface area contributed by atoms with Crippen LogP contribution < -0.4 is 40.4 Å². The molecule has 0 aliphatic heterocycles. The number of carbonyl (C=O) groups excluding carboxylic acids is 1. The van der Waals surface area contributed by atoms with Crippen LogP contribution in [0.3, 0.4) is 0 Å². The first kappa shape index (κ1) is 16.2. The number of nitrogens with one attached hydrogen (secondary N) is 2. The van der Waals surface area contributed by atoms with Gasteiger partial charge >= 0.3 is 35.1 Å². The third-order valence-corrected chi connectivity index (χ3v) is 2.93. The Labute approximate surface area is 148 Å². The van der Waals surface area contributed by atoms with Gasteiger partial charge in [-0.2, -0.15) is 0 Å². The van der Waals surface area contributed by atoms with Crippen molar-refractivity contribution >= 4 is 11.6 Å². The molecule has 3 aromatic rings. The largest absolute Gasteiger partial charge is 1.00 e. The van der Waals surface area contributed by atoms with Crippen molar-refractivity contribution in [1.29, 1.82) is 0 Å². The minimum atomic E-state index is -0.544. The van der Waals surface area contributed by atoms with E-state index in [4.69, 9.17) is 0 Å². The molecule has 2 aromatic carbocycles. The third kappa shape index (κ3) is 3.36. The molecule has 0 atom stereocenters. The minimum absolute atomic E-state index is 0. The Morgan fingerprint density at radius 2 is 1.59 bits per heavy atom. The molecule has 3 rings (SSSR count). The number of anilines is 1. The number of benzene rings is 2. The Bertz CT molecular complexity index is 812. The van der Waals surface area contributed by atoms with Crippen LogP contribution in [0.1, 0.15) is 10.5 Å². The number of aromatic nitrogens is 3. The van der Waals surface area contributed by atoms with Crippen LogP contribution in [0.25, 0.3) is 5.69 Å². The number of aromatic amines is 1. The molecule has 0 unspecified atom stereocenters. The first-order chi connectivity index (χ1) is 10.3. The molecular weight excluding hydrogens is 291 g/mol. The molecule has 0 aliphatic carbocycles. The summed E-state index contributed by atoms with van der Waals surface area (Å²) >= 11 is 0. The van der Waals surface area contributed by atoms with Gasteiger partial charge in [-0.3, -0.25) is 9.59 Å². The molecule has 1 heterocycles. The summed E-state index contributed by atoms with van der Waals surface area (Å²) in [7, 11) is 0. The molecule has 0 saturated carbocycles. The van der Waals surface area contributed by atoms with Gasteiger partial charge in [0, 0.05) is 5.69 Å². The van der Waals surface area contributed by atoms with Crippen LogP contribution in [0.5, 0.6) is 0 Å². The van der Waals surface area contributed by atoms with Gasteiger partial charge in [-0.15, -0.1) is 5.10 Å². The van der Waals surface area contributed by atoms with Gasteiger partial charge in [-0.05, 0) is 24.3 Å². The average Bonchev–Trinajstić information content (AvgIpc) is 2.91. The van der Waals surface area contributed by atoms with Crippen LogP contribution >= 0.6 is 0 Å². The molecule has 0 radical (unpaired) electrons. The number of rotatable bonds is 3. The number of amides is 1. The van der Waals surface area contributed by atoms with Crippen molar-refractivity contribution in [2.24, 2.45) is 0 Å². The molecule has 7 heteroatoms. The van der Waals surface area contributed by atoms with E-state index >= 15 is 0 Å². The van der Waals surface area contributed by atoms with Gasteiger partial charge in [-0.25, -0.2) is 9.90 Å². The molecule has 0 spiro atoms. The second kappa shape index (κ2) is 7.22. The van der Waals surface area contributed by atoms with Gasteiger partial charge in [0.2, 0.25) is 5.69 Å². The van der Waals surface area contributed by atoms with E-state index in [1.54, 1.807) is 48.5 Å². The van der Waals surface area contributed by atoms with Crippen molar-refractivity contribution in [2.75, 3.05) is 5.32 Å². The van der Waals surface area contributed by atoms with E-state index < -0.39 is 11.5 Å². The van der Waals surface area contributed by atoms with Crippen LogP contribution in [-0.2, 0) is 0 Å². The van der Waals surface area contributed by atoms with Crippen LogP contribution in [0.15, 0.2) is 65.5 Å². The summed E-state index contributed by atoms with van der Waals surface area (Å²) in [6.07, 6.45) is 0.